The molecule has 0 N–H and O–H groups in total. The van der Waals surface area contributed by atoms with Crippen LogP contribution < -0.4 is 9.47 Å². The maximum absolute atomic E-state index is 11.3. The normalized spacial score (nSPS) is 10.9. The van der Waals surface area contributed by atoms with Gasteiger partial charge in [0.25, 0.3) is 0 Å². The lowest BCUT2D eigenvalue weighted by Gasteiger charge is -1.99. The van der Waals surface area contributed by atoms with Crippen LogP contribution in [0.5, 0.6) is 11.5 Å². The molecule has 0 aliphatic carbocycles. The predicted octanol–water partition coefficient (Wildman–Crippen LogP) is 5.87. The van der Waals surface area contributed by atoms with Crippen LogP contribution in [0, 0.1) is 11.8 Å². The van der Waals surface area contributed by atoms with Gasteiger partial charge in [-0.05, 0) is 47.5 Å². The summed E-state index contributed by atoms with van der Waals surface area (Å²) in [6.07, 6.45) is 6.88. The molecule has 0 spiro atoms. The quantitative estimate of drug-likeness (QED) is 0.513. The Labute approximate surface area is 180 Å². The van der Waals surface area contributed by atoms with Crippen molar-refractivity contribution in [1.29, 1.82) is 0 Å². The van der Waals surface area contributed by atoms with E-state index < -0.39 is 0 Å². The Morgan fingerprint density at radius 2 is 0.933 bits per heavy atom. The van der Waals surface area contributed by atoms with Crippen LogP contribution in [-0.2, 0) is 9.59 Å². The first kappa shape index (κ1) is 24.9. The second-order valence-electron chi connectivity index (χ2n) is 7.33. The number of rotatable bonds is 8. The van der Waals surface area contributed by atoms with Crippen molar-refractivity contribution in [2.45, 2.75) is 27.7 Å². The van der Waals surface area contributed by atoms with Crippen LogP contribution in [0.15, 0.2) is 60.7 Å². The van der Waals surface area contributed by atoms with E-state index in [9.17, 15) is 9.59 Å². The molecule has 2 rings (SSSR count). The summed E-state index contributed by atoms with van der Waals surface area (Å²) in [4.78, 5) is 22.7. The Balaban J connectivity index is 0.000000300. The first-order chi connectivity index (χ1) is 14.3. The number of hydrogen-bond acceptors (Lipinski definition) is 4. The number of ether oxygens (including phenoxy) is 2. The summed E-state index contributed by atoms with van der Waals surface area (Å²) in [5.74, 6) is 2.04. The maximum atomic E-state index is 11.3. The van der Waals surface area contributed by atoms with Gasteiger partial charge in [0, 0.05) is 11.8 Å². The average molecular weight is 409 g/mol. The predicted molar refractivity (Wildman–Crippen MR) is 124 cm³/mol. The summed E-state index contributed by atoms with van der Waals surface area (Å²) < 4.78 is 10.1. The summed E-state index contributed by atoms with van der Waals surface area (Å²) in [5, 5.41) is 0. The molecule has 4 heteroatoms. The zero-order valence-corrected chi connectivity index (χ0v) is 18.7. The minimum absolute atomic E-state index is 0.0551. The summed E-state index contributed by atoms with van der Waals surface area (Å²) in [6.45, 7) is 7.56. The molecule has 0 aliphatic rings. The van der Waals surface area contributed by atoms with Gasteiger partial charge in [-0.2, -0.15) is 0 Å². The highest BCUT2D eigenvalue weighted by atomic mass is 16.5. The summed E-state index contributed by atoms with van der Waals surface area (Å²) in [6, 6.07) is 15.2. The van der Waals surface area contributed by atoms with Crippen molar-refractivity contribution in [3.63, 3.8) is 0 Å². The molecule has 0 atom stereocenters. The highest BCUT2D eigenvalue weighted by molar-refractivity contribution is 5.95. The minimum atomic E-state index is 0.0551. The minimum Gasteiger partial charge on any atom is -0.497 e. The smallest absolute Gasteiger partial charge is 0.158 e. The molecule has 0 unspecified atom stereocenters. The van der Waals surface area contributed by atoms with Gasteiger partial charge in [0.2, 0.25) is 0 Å². The zero-order chi connectivity index (χ0) is 22.5. The fourth-order valence-electron chi connectivity index (χ4n) is 2.17. The molecule has 0 radical (unpaired) electrons. The second-order valence-corrected chi connectivity index (χ2v) is 7.33. The fourth-order valence-corrected chi connectivity index (χ4v) is 2.17. The number of benzene rings is 2. The molecule has 0 aliphatic heterocycles. The Morgan fingerprint density at radius 3 is 1.17 bits per heavy atom. The molecule has 4 nitrogen and oxygen atoms in total. The van der Waals surface area contributed by atoms with Gasteiger partial charge in [0.15, 0.2) is 11.6 Å². The third-order valence-corrected chi connectivity index (χ3v) is 4.25. The van der Waals surface area contributed by atoms with Crippen molar-refractivity contribution in [1.82, 2.24) is 0 Å². The zero-order valence-electron chi connectivity index (χ0n) is 18.7. The van der Waals surface area contributed by atoms with E-state index in [0.717, 1.165) is 22.6 Å². The molecule has 0 aromatic heterocycles. The van der Waals surface area contributed by atoms with E-state index in [1.165, 1.54) is 0 Å². The van der Waals surface area contributed by atoms with Crippen LogP contribution in [0.2, 0.25) is 0 Å². The molecule has 160 valence electrons. The fraction of sp³-hybridized carbons (Fsp3) is 0.308. The highest BCUT2D eigenvalue weighted by Crippen LogP contribution is 2.13. The van der Waals surface area contributed by atoms with E-state index in [2.05, 4.69) is 0 Å². The van der Waals surface area contributed by atoms with Crippen molar-refractivity contribution in [2.75, 3.05) is 14.2 Å². The van der Waals surface area contributed by atoms with Crippen molar-refractivity contribution in [3.8, 4) is 11.5 Å². The molecule has 2 aromatic rings. The van der Waals surface area contributed by atoms with Gasteiger partial charge in [-0.3, -0.25) is 9.59 Å². The van der Waals surface area contributed by atoms with E-state index >= 15 is 0 Å². The van der Waals surface area contributed by atoms with Crippen LogP contribution in [0.4, 0.5) is 0 Å². The number of allylic oxidation sites excluding steroid dienone is 2. The van der Waals surface area contributed by atoms with Crippen LogP contribution >= 0.6 is 0 Å². The van der Waals surface area contributed by atoms with E-state index in [-0.39, 0.29) is 23.4 Å². The number of methoxy groups -OCH3 is 2. The second kappa shape index (κ2) is 13.2. The number of ketones is 2. The largest absolute Gasteiger partial charge is 0.497 e. The average Bonchev–Trinajstić information content (AvgIpc) is 2.76. The first-order valence-corrected chi connectivity index (χ1v) is 9.98. The standard InChI is InChI=1S/2C13H16O2/c2*1-10(2)13(14)9-6-11-4-7-12(15-3)8-5-11/h2*4-10H,1-3H3/b2*9-6+. The maximum Gasteiger partial charge on any atom is 0.158 e. The van der Waals surface area contributed by atoms with Crippen LogP contribution in [0.3, 0.4) is 0 Å². The lowest BCUT2D eigenvalue weighted by molar-refractivity contribution is -0.117. The molecule has 0 heterocycles. The Kier molecular flexibility index (Phi) is 10.9. The van der Waals surface area contributed by atoms with Crippen LogP contribution in [-0.4, -0.2) is 25.8 Å². The number of hydrogen-bond donors (Lipinski definition) is 0. The van der Waals surface area contributed by atoms with Gasteiger partial charge in [0.05, 0.1) is 14.2 Å². The van der Waals surface area contributed by atoms with Crippen molar-refractivity contribution < 1.29 is 19.1 Å². The third-order valence-electron chi connectivity index (χ3n) is 4.25. The molecular formula is C26H32O4. The van der Waals surface area contributed by atoms with Gasteiger partial charge < -0.3 is 9.47 Å². The van der Waals surface area contributed by atoms with Crippen molar-refractivity contribution >= 4 is 23.7 Å². The van der Waals surface area contributed by atoms with Gasteiger partial charge in [-0.1, -0.05) is 64.1 Å². The van der Waals surface area contributed by atoms with Gasteiger partial charge in [-0.25, -0.2) is 0 Å². The SMILES string of the molecule is COc1ccc(/C=C/C(=O)C(C)C)cc1.COc1ccc(/C=C/C(=O)C(C)C)cc1. The molecule has 2 aromatic carbocycles. The Bertz CT molecular complexity index is 768. The van der Waals surface area contributed by atoms with Crippen molar-refractivity contribution in [3.05, 3.63) is 71.8 Å². The Hall–Kier alpha value is -3.14. The summed E-state index contributed by atoms with van der Waals surface area (Å²) in [5.41, 5.74) is 2.01. The number of carbonyl (C=O) groups excluding carboxylic acids is 2. The molecule has 0 amide bonds. The van der Waals surface area contributed by atoms with E-state index in [4.69, 9.17) is 9.47 Å². The Morgan fingerprint density at radius 1 is 0.633 bits per heavy atom. The third kappa shape index (κ3) is 9.37. The highest BCUT2D eigenvalue weighted by Gasteiger charge is 2.02. The van der Waals surface area contributed by atoms with Gasteiger partial charge in [0.1, 0.15) is 11.5 Å². The number of carbonyl (C=O) groups is 2. The van der Waals surface area contributed by atoms with Crippen molar-refractivity contribution in [2.24, 2.45) is 11.8 Å². The van der Waals surface area contributed by atoms with E-state index in [1.807, 2.05) is 88.4 Å². The van der Waals surface area contributed by atoms with Crippen LogP contribution in [0.25, 0.3) is 12.2 Å². The molecule has 0 saturated carbocycles. The molecule has 0 bridgehead atoms. The lowest BCUT2D eigenvalue weighted by Crippen LogP contribution is -2.01. The molecule has 30 heavy (non-hydrogen) atoms. The van der Waals surface area contributed by atoms with Gasteiger partial charge in [-0.15, -0.1) is 0 Å². The summed E-state index contributed by atoms with van der Waals surface area (Å²) in [7, 11) is 3.26. The first-order valence-electron chi connectivity index (χ1n) is 9.98. The topological polar surface area (TPSA) is 52.6 Å². The molecule has 0 saturated heterocycles. The molecular weight excluding hydrogens is 376 g/mol. The monoisotopic (exact) mass is 408 g/mol. The van der Waals surface area contributed by atoms with E-state index in [0.29, 0.717) is 0 Å². The van der Waals surface area contributed by atoms with Gasteiger partial charge >= 0.3 is 0 Å². The van der Waals surface area contributed by atoms with E-state index in [1.54, 1.807) is 26.4 Å². The molecule has 0 fully saturated rings. The lowest BCUT2D eigenvalue weighted by atomic mass is 10.1. The van der Waals surface area contributed by atoms with Crippen LogP contribution in [0.1, 0.15) is 38.8 Å². The summed E-state index contributed by atoms with van der Waals surface area (Å²) >= 11 is 0.